The molecule has 1 aromatic heterocycles. The van der Waals surface area contributed by atoms with E-state index >= 15 is 0 Å². The van der Waals surface area contributed by atoms with Gasteiger partial charge in [0.2, 0.25) is 5.91 Å². The maximum Gasteiger partial charge on any atom is 0.411 e. The topological polar surface area (TPSA) is 110 Å². The normalized spacial score (nSPS) is 17.6. The summed E-state index contributed by atoms with van der Waals surface area (Å²) >= 11 is 11.5. The molecular formula is C25H29Cl2FN4O5. The standard InChI is InChI=1S/C25H29Cl2FN4O5/c1-25(2,3)37-24(35)32-13-17(31-22(33)14-36-18-7-8-19(27)20(28)10-18)6-9-21(32)23(34)30-12-16-5-4-15(26)11-29-16/h4-5,7-8,10-11,17,21H,6,9,12-14H2,1-3H3,(H,30,34)(H,31,33)/t17-,21+/m0/s1. The Morgan fingerprint density at radius 3 is 2.57 bits per heavy atom. The molecule has 2 atom stereocenters. The zero-order valence-corrected chi connectivity index (χ0v) is 22.2. The molecule has 2 aromatic rings. The van der Waals surface area contributed by atoms with Gasteiger partial charge in [0, 0.05) is 24.8 Å². The number of amides is 3. The molecule has 1 saturated heterocycles. The van der Waals surface area contributed by atoms with E-state index in [2.05, 4.69) is 15.6 Å². The number of hydrogen-bond acceptors (Lipinski definition) is 6. The minimum atomic E-state index is -0.788. The molecule has 0 spiro atoms. The minimum Gasteiger partial charge on any atom is -0.484 e. The van der Waals surface area contributed by atoms with Gasteiger partial charge in [0.15, 0.2) is 6.61 Å². The summed E-state index contributed by atoms with van der Waals surface area (Å²) in [5.41, 5.74) is -0.161. The van der Waals surface area contributed by atoms with Gasteiger partial charge in [0.05, 0.1) is 22.3 Å². The molecule has 0 aliphatic carbocycles. The van der Waals surface area contributed by atoms with Gasteiger partial charge in [-0.1, -0.05) is 23.2 Å². The van der Waals surface area contributed by atoms with Crippen LogP contribution < -0.4 is 15.4 Å². The molecule has 1 aliphatic heterocycles. The fourth-order valence-electron chi connectivity index (χ4n) is 3.67. The molecule has 0 saturated carbocycles. The van der Waals surface area contributed by atoms with Gasteiger partial charge in [-0.05, 0) is 57.9 Å². The van der Waals surface area contributed by atoms with Crippen LogP contribution in [-0.4, -0.2) is 58.6 Å². The molecule has 2 N–H and O–H groups in total. The van der Waals surface area contributed by atoms with Crippen LogP contribution in [0.3, 0.4) is 0 Å². The lowest BCUT2D eigenvalue weighted by Gasteiger charge is -2.39. The molecule has 1 aliphatic rings. The fraction of sp³-hybridized carbons (Fsp3) is 0.440. The Balaban J connectivity index is 1.61. The second-order valence-corrected chi connectivity index (χ2v) is 10.4. The quantitative estimate of drug-likeness (QED) is 0.533. The summed E-state index contributed by atoms with van der Waals surface area (Å²) in [6, 6.07) is 6.01. The van der Waals surface area contributed by atoms with Crippen molar-refractivity contribution in [3.05, 3.63) is 58.1 Å². The first-order chi connectivity index (χ1) is 17.4. The Kier molecular flexibility index (Phi) is 9.56. The number of pyridine rings is 1. The Labute approximate surface area is 224 Å². The summed E-state index contributed by atoms with van der Waals surface area (Å²) in [7, 11) is 0. The van der Waals surface area contributed by atoms with E-state index in [0.29, 0.717) is 23.6 Å². The van der Waals surface area contributed by atoms with Gasteiger partial charge in [-0.2, -0.15) is 0 Å². The second kappa shape index (κ2) is 12.4. The molecule has 1 aromatic carbocycles. The SMILES string of the molecule is CC(C)(C)OC(=O)N1C[C@@H](NC(=O)COc2ccc(Cl)c(F)c2)CC[C@@H]1C(=O)NCc1ccc(Cl)cn1. The van der Waals surface area contributed by atoms with Crippen LogP contribution in [0.25, 0.3) is 0 Å². The van der Waals surface area contributed by atoms with E-state index in [1.165, 1.54) is 23.2 Å². The highest BCUT2D eigenvalue weighted by molar-refractivity contribution is 6.30. The number of ether oxygens (including phenoxy) is 2. The molecule has 1 fully saturated rings. The number of hydrogen-bond donors (Lipinski definition) is 2. The number of nitrogens with one attached hydrogen (secondary N) is 2. The van der Waals surface area contributed by atoms with Crippen LogP contribution in [0.5, 0.6) is 5.75 Å². The third-order valence-electron chi connectivity index (χ3n) is 5.37. The Morgan fingerprint density at radius 1 is 1.16 bits per heavy atom. The predicted octanol–water partition coefficient (Wildman–Crippen LogP) is 4.11. The van der Waals surface area contributed by atoms with Crippen LogP contribution in [0.15, 0.2) is 36.5 Å². The van der Waals surface area contributed by atoms with Crippen LogP contribution in [-0.2, 0) is 20.9 Å². The van der Waals surface area contributed by atoms with E-state index in [-0.39, 0.29) is 36.4 Å². The maximum atomic E-state index is 13.6. The summed E-state index contributed by atoms with van der Waals surface area (Å²) in [4.78, 5) is 43.9. The first kappa shape index (κ1) is 28.5. The van der Waals surface area contributed by atoms with E-state index in [9.17, 15) is 18.8 Å². The summed E-state index contributed by atoms with van der Waals surface area (Å²) in [5.74, 6) is -1.32. The van der Waals surface area contributed by atoms with Crippen molar-refractivity contribution in [2.24, 2.45) is 0 Å². The van der Waals surface area contributed by atoms with Gasteiger partial charge in [-0.25, -0.2) is 9.18 Å². The van der Waals surface area contributed by atoms with Gasteiger partial charge >= 0.3 is 6.09 Å². The van der Waals surface area contributed by atoms with Crippen LogP contribution >= 0.6 is 23.2 Å². The second-order valence-electron chi connectivity index (χ2n) is 9.54. The first-order valence-corrected chi connectivity index (χ1v) is 12.4. The lowest BCUT2D eigenvalue weighted by atomic mass is 9.97. The molecule has 37 heavy (non-hydrogen) atoms. The number of aromatic nitrogens is 1. The number of carbonyl (C=O) groups is 3. The van der Waals surface area contributed by atoms with Crippen LogP contribution in [0, 0.1) is 5.82 Å². The van der Waals surface area contributed by atoms with Gasteiger partial charge in [-0.15, -0.1) is 0 Å². The van der Waals surface area contributed by atoms with Crippen molar-refractivity contribution < 1.29 is 28.2 Å². The third kappa shape index (κ3) is 8.75. The first-order valence-electron chi connectivity index (χ1n) is 11.7. The summed E-state index contributed by atoms with van der Waals surface area (Å²) in [5, 5.41) is 6.03. The highest BCUT2D eigenvalue weighted by Gasteiger charge is 2.38. The Bertz CT molecular complexity index is 1130. The molecule has 0 radical (unpaired) electrons. The highest BCUT2D eigenvalue weighted by Crippen LogP contribution is 2.22. The maximum absolute atomic E-state index is 13.6. The molecule has 3 amide bonds. The van der Waals surface area contributed by atoms with E-state index in [4.69, 9.17) is 32.7 Å². The van der Waals surface area contributed by atoms with Gasteiger partial charge in [0.25, 0.3) is 5.91 Å². The highest BCUT2D eigenvalue weighted by atomic mass is 35.5. The van der Waals surface area contributed by atoms with Gasteiger partial charge in [0.1, 0.15) is 23.2 Å². The van der Waals surface area contributed by atoms with Gasteiger partial charge in [-0.3, -0.25) is 19.5 Å². The Hall–Kier alpha value is -3.11. The molecule has 3 rings (SSSR count). The molecule has 2 heterocycles. The lowest BCUT2D eigenvalue weighted by molar-refractivity contribution is -0.128. The lowest BCUT2D eigenvalue weighted by Crippen LogP contribution is -2.59. The van der Waals surface area contributed by atoms with Crippen molar-refractivity contribution in [1.82, 2.24) is 20.5 Å². The zero-order chi connectivity index (χ0) is 27.2. The third-order valence-corrected chi connectivity index (χ3v) is 5.90. The predicted molar refractivity (Wildman–Crippen MR) is 136 cm³/mol. The number of piperidine rings is 1. The molecular weight excluding hydrogens is 526 g/mol. The average Bonchev–Trinajstić information content (AvgIpc) is 2.83. The molecule has 0 unspecified atom stereocenters. The van der Waals surface area contributed by atoms with Crippen molar-refractivity contribution in [1.29, 1.82) is 0 Å². The summed E-state index contributed by atoms with van der Waals surface area (Å²) in [6.07, 6.45) is 1.56. The average molecular weight is 555 g/mol. The molecule has 200 valence electrons. The fourth-order valence-corrected chi connectivity index (χ4v) is 3.90. The van der Waals surface area contributed by atoms with E-state index in [1.807, 2.05) is 0 Å². The molecule has 0 bridgehead atoms. The van der Waals surface area contributed by atoms with E-state index in [1.54, 1.807) is 32.9 Å². The summed E-state index contributed by atoms with van der Waals surface area (Å²) in [6.45, 7) is 5.05. The van der Waals surface area contributed by atoms with E-state index in [0.717, 1.165) is 6.07 Å². The molecule has 9 nitrogen and oxygen atoms in total. The number of likely N-dealkylation sites (tertiary alicyclic amines) is 1. The van der Waals surface area contributed by atoms with E-state index < -0.39 is 35.5 Å². The Morgan fingerprint density at radius 2 is 1.92 bits per heavy atom. The largest absolute Gasteiger partial charge is 0.484 e. The number of carbonyl (C=O) groups excluding carboxylic acids is 3. The van der Waals surface area contributed by atoms with Crippen molar-refractivity contribution in [3.8, 4) is 5.75 Å². The molecule has 12 heteroatoms. The van der Waals surface area contributed by atoms with Crippen LogP contribution in [0.2, 0.25) is 10.0 Å². The minimum absolute atomic E-state index is 0.0516. The van der Waals surface area contributed by atoms with Crippen LogP contribution in [0.4, 0.5) is 9.18 Å². The number of halogens is 3. The van der Waals surface area contributed by atoms with Crippen molar-refractivity contribution >= 4 is 41.1 Å². The smallest absolute Gasteiger partial charge is 0.411 e. The van der Waals surface area contributed by atoms with Crippen LogP contribution in [0.1, 0.15) is 39.3 Å². The zero-order valence-electron chi connectivity index (χ0n) is 20.7. The van der Waals surface area contributed by atoms with Crippen molar-refractivity contribution in [2.45, 2.75) is 57.8 Å². The number of rotatable bonds is 7. The van der Waals surface area contributed by atoms with Crippen molar-refractivity contribution in [2.75, 3.05) is 13.2 Å². The number of benzene rings is 1. The monoisotopic (exact) mass is 554 g/mol. The van der Waals surface area contributed by atoms with Gasteiger partial charge < -0.3 is 20.1 Å². The summed E-state index contributed by atoms with van der Waals surface area (Å²) < 4.78 is 24.4. The van der Waals surface area contributed by atoms with Crippen molar-refractivity contribution in [3.63, 3.8) is 0 Å². The number of nitrogens with zero attached hydrogens (tertiary/aromatic N) is 2.